The number of carbonyl (C=O) groups is 1. The summed E-state index contributed by atoms with van der Waals surface area (Å²) in [5, 5.41) is 8.34. The Morgan fingerprint density at radius 3 is 2.83 bits per heavy atom. The van der Waals surface area contributed by atoms with Crippen molar-refractivity contribution in [1.82, 2.24) is 25.1 Å². The highest BCUT2D eigenvalue weighted by molar-refractivity contribution is 5.90. The molecule has 0 spiro atoms. The summed E-state index contributed by atoms with van der Waals surface area (Å²) in [5.74, 6) is -0.0910. The fourth-order valence-electron chi connectivity index (χ4n) is 3.70. The molecule has 3 aromatic heterocycles. The molecular formula is C21H20FN5O3. The summed E-state index contributed by atoms with van der Waals surface area (Å²) >= 11 is 0. The van der Waals surface area contributed by atoms with Crippen LogP contribution in [0.5, 0.6) is 0 Å². The summed E-state index contributed by atoms with van der Waals surface area (Å²) in [4.78, 5) is 22.4. The van der Waals surface area contributed by atoms with Crippen LogP contribution in [0.25, 0.3) is 11.0 Å². The molecule has 4 aromatic rings. The molecule has 1 aliphatic heterocycles. The van der Waals surface area contributed by atoms with Gasteiger partial charge in [-0.05, 0) is 18.2 Å². The number of hydrogen-bond acceptors (Lipinski definition) is 6. The monoisotopic (exact) mass is 409 g/mol. The minimum atomic E-state index is -0.635. The Balaban J connectivity index is 1.59. The number of furan rings is 1. The van der Waals surface area contributed by atoms with Gasteiger partial charge in [0.05, 0.1) is 17.4 Å². The molecule has 0 bridgehead atoms. The number of amides is 1. The second-order valence-electron chi connectivity index (χ2n) is 8.38. The standard InChI is InChI=1S/C21H20FN5O3/c1-21(2,3)20-26-25-18(30-20)19(28)27-8-7-13-16(24-10-23-13)17(27)15-9-11-12(22)5-4-6-14(11)29-15/h4-6,9-10,17H,7-8H2,1-3H3,(H,23,24)/t17-/m1/s1. The van der Waals surface area contributed by atoms with Crippen LogP contribution in [0.15, 0.2) is 39.4 Å². The van der Waals surface area contributed by atoms with Gasteiger partial charge >= 0.3 is 11.8 Å². The topological polar surface area (TPSA) is 101 Å². The zero-order valence-corrected chi connectivity index (χ0v) is 16.8. The van der Waals surface area contributed by atoms with Crippen LogP contribution in [-0.4, -0.2) is 37.5 Å². The molecule has 4 heterocycles. The van der Waals surface area contributed by atoms with Crippen LogP contribution in [-0.2, 0) is 11.8 Å². The highest BCUT2D eigenvalue weighted by atomic mass is 19.1. The summed E-state index contributed by atoms with van der Waals surface area (Å²) in [7, 11) is 0. The van der Waals surface area contributed by atoms with Gasteiger partial charge in [0.15, 0.2) is 0 Å². The van der Waals surface area contributed by atoms with Gasteiger partial charge in [0.1, 0.15) is 23.2 Å². The zero-order valence-electron chi connectivity index (χ0n) is 16.8. The molecule has 1 atom stereocenters. The highest BCUT2D eigenvalue weighted by Gasteiger charge is 2.39. The van der Waals surface area contributed by atoms with Crippen LogP contribution in [0, 0.1) is 5.82 Å². The van der Waals surface area contributed by atoms with Crippen molar-refractivity contribution in [3.05, 3.63) is 65.3 Å². The number of rotatable bonds is 2. The number of fused-ring (bicyclic) bond motifs is 2. The maximum Gasteiger partial charge on any atom is 0.312 e. The lowest BCUT2D eigenvalue weighted by Crippen LogP contribution is -2.40. The van der Waals surface area contributed by atoms with Crippen molar-refractivity contribution < 1.29 is 18.0 Å². The molecular weight excluding hydrogens is 389 g/mol. The smallest absolute Gasteiger partial charge is 0.312 e. The van der Waals surface area contributed by atoms with E-state index in [9.17, 15) is 9.18 Å². The third kappa shape index (κ3) is 2.89. The maximum absolute atomic E-state index is 14.2. The van der Waals surface area contributed by atoms with Gasteiger partial charge in [-0.1, -0.05) is 26.8 Å². The number of imidazole rings is 1. The van der Waals surface area contributed by atoms with Gasteiger partial charge in [0, 0.05) is 24.1 Å². The van der Waals surface area contributed by atoms with E-state index in [0.717, 1.165) is 5.69 Å². The molecule has 1 N–H and O–H groups in total. The van der Waals surface area contributed by atoms with Crippen molar-refractivity contribution in [2.24, 2.45) is 0 Å². The molecule has 154 valence electrons. The first kappa shape index (κ1) is 18.5. The Labute approximate surface area is 171 Å². The third-order valence-corrected chi connectivity index (χ3v) is 5.23. The van der Waals surface area contributed by atoms with E-state index >= 15 is 0 Å². The van der Waals surface area contributed by atoms with Crippen molar-refractivity contribution in [2.75, 3.05) is 6.54 Å². The van der Waals surface area contributed by atoms with Crippen molar-refractivity contribution in [3.63, 3.8) is 0 Å². The molecule has 0 saturated carbocycles. The summed E-state index contributed by atoms with van der Waals surface area (Å²) in [6.45, 7) is 6.18. The molecule has 0 saturated heterocycles. The lowest BCUT2D eigenvalue weighted by atomic mass is 9.97. The maximum atomic E-state index is 14.2. The second kappa shape index (κ2) is 6.51. The molecule has 1 aromatic carbocycles. The van der Waals surface area contributed by atoms with Gasteiger partial charge in [-0.25, -0.2) is 9.37 Å². The first-order chi connectivity index (χ1) is 14.3. The van der Waals surface area contributed by atoms with Crippen molar-refractivity contribution in [2.45, 2.75) is 38.6 Å². The van der Waals surface area contributed by atoms with E-state index in [2.05, 4.69) is 20.2 Å². The van der Waals surface area contributed by atoms with Crippen molar-refractivity contribution >= 4 is 16.9 Å². The molecule has 30 heavy (non-hydrogen) atoms. The highest BCUT2D eigenvalue weighted by Crippen LogP contribution is 2.37. The Morgan fingerprint density at radius 1 is 1.27 bits per heavy atom. The SMILES string of the molecule is CC(C)(C)c1nnc(C(=O)N2CCc3[nH]cnc3[C@H]2c2cc3c(F)cccc3o2)o1. The van der Waals surface area contributed by atoms with Crippen molar-refractivity contribution in [3.8, 4) is 0 Å². The number of hydrogen-bond donors (Lipinski definition) is 1. The molecule has 1 aliphatic rings. The van der Waals surface area contributed by atoms with E-state index in [1.165, 1.54) is 6.07 Å². The largest absolute Gasteiger partial charge is 0.458 e. The fourth-order valence-corrected chi connectivity index (χ4v) is 3.70. The quantitative estimate of drug-likeness (QED) is 0.541. The minimum Gasteiger partial charge on any atom is -0.458 e. The van der Waals surface area contributed by atoms with Crippen LogP contribution in [0.1, 0.15) is 60.5 Å². The molecule has 0 unspecified atom stereocenters. The summed E-state index contributed by atoms with van der Waals surface area (Å²) in [5.41, 5.74) is 1.60. The number of carbonyl (C=O) groups excluding carboxylic acids is 1. The van der Waals surface area contributed by atoms with Gasteiger partial charge in [0.25, 0.3) is 0 Å². The molecule has 9 heteroatoms. The van der Waals surface area contributed by atoms with Crippen LogP contribution >= 0.6 is 0 Å². The molecule has 5 rings (SSSR count). The predicted molar refractivity (Wildman–Crippen MR) is 104 cm³/mol. The van der Waals surface area contributed by atoms with Gasteiger partial charge in [-0.15, -0.1) is 10.2 Å². The van der Waals surface area contributed by atoms with Crippen molar-refractivity contribution in [1.29, 1.82) is 0 Å². The number of benzene rings is 1. The van der Waals surface area contributed by atoms with Gasteiger partial charge < -0.3 is 18.7 Å². The zero-order chi connectivity index (χ0) is 21.0. The average molecular weight is 409 g/mol. The minimum absolute atomic E-state index is 0.0915. The van der Waals surface area contributed by atoms with Crippen LogP contribution in [0.2, 0.25) is 0 Å². The predicted octanol–water partition coefficient (Wildman–Crippen LogP) is 3.76. The third-order valence-electron chi connectivity index (χ3n) is 5.23. The first-order valence-corrected chi connectivity index (χ1v) is 9.68. The lowest BCUT2D eigenvalue weighted by Gasteiger charge is -2.32. The van der Waals surface area contributed by atoms with Gasteiger partial charge in [-0.2, -0.15) is 0 Å². The van der Waals surface area contributed by atoms with Crippen LogP contribution < -0.4 is 0 Å². The van der Waals surface area contributed by atoms with E-state index in [4.69, 9.17) is 8.83 Å². The van der Waals surface area contributed by atoms with E-state index in [-0.39, 0.29) is 17.1 Å². The Kier molecular flexibility index (Phi) is 4.02. The number of halogens is 1. The van der Waals surface area contributed by atoms with E-state index in [1.54, 1.807) is 29.4 Å². The normalized spacial score (nSPS) is 16.8. The average Bonchev–Trinajstić information content (AvgIpc) is 3.44. The van der Waals surface area contributed by atoms with Gasteiger partial charge in [0.2, 0.25) is 5.89 Å². The molecule has 0 fully saturated rings. The molecule has 1 amide bonds. The first-order valence-electron chi connectivity index (χ1n) is 9.68. The second-order valence-corrected chi connectivity index (χ2v) is 8.38. The number of nitrogens with zero attached hydrogens (tertiary/aromatic N) is 4. The molecule has 8 nitrogen and oxygen atoms in total. The fraction of sp³-hybridized carbons (Fsp3) is 0.333. The summed E-state index contributed by atoms with van der Waals surface area (Å²) < 4.78 is 25.8. The Hall–Kier alpha value is -3.49. The van der Waals surface area contributed by atoms with Crippen LogP contribution in [0.4, 0.5) is 4.39 Å². The Morgan fingerprint density at radius 2 is 2.10 bits per heavy atom. The lowest BCUT2D eigenvalue weighted by molar-refractivity contribution is 0.0628. The number of H-pyrrole nitrogens is 1. The van der Waals surface area contributed by atoms with Gasteiger partial charge in [-0.3, -0.25) is 4.79 Å². The molecule has 0 aliphatic carbocycles. The number of aromatic nitrogens is 4. The van der Waals surface area contributed by atoms with Crippen LogP contribution in [0.3, 0.4) is 0 Å². The van der Waals surface area contributed by atoms with E-state index in [1.807, 2.05) is 20.8 Å². The van der Waals surface area contributed by atoms with E-state index < -0.39 is 11.9 Å². The summed E-state index contributed by atoms with van der Waals surface area (Å²) in [6.07, 6.45) is 2.17. The summed E-state index contributed by atoms with van der Waals surface area (Å²) in [6, 6.07) is 5.63. The Bertz CT molecular complexity index is 1250. The van der Waals surface area contributed by atoms with E-state index in [0.29, 0.717) is 41.3 Å². The molecule has 0 radical (unpaired) electrons. The number of nitrogens with one attached hydrogen (secondary N) is 1. The number of aromatic amines is 1.